The molecule has 0 fully saturated rings. The Morgan fingerprint density at radius 3 is 1.80 bits per heavy atom. The highest BCUT2D eigenvalue weighted by molar-refractivity contribution is 6.60. The molecule has 0 rings (SSSR count). The van der Waals surface area contributed by atoms with Crippen LogP contribution in [0.4, 0.5) is 0 Å². The fourth-order valence-electron chi connectivity index (χ4n) is 2.03. The van der Waals surface area contributed by atoms with Gasteiger partial charge in [-0.25, -0.2) is 0 Å². The number of hydrogen-bond acceptors (Lipinski definition) is 5. The van der Waals surface area contributed by atoms with Crippen molar-refractivity contribution in [2.24, 2.45) is 0 Å². The summed E-state index contributed by atoms with van der Waals surface area (Å²) in [6.07, 6.45) is 2.04. The second kappa shape index (κ2) is 11.1. The highest BCUT2D eigenvalue weighted by Crippen LogP contribution is 2.20. The van der Waals surface area contributed by atoms with Gasteiger partial charge in [-0.2, -0.15) is 0 Å². The maximum atomic E-state index is 11.5. The summed E-state index contributed by atoms with van der Waals surface area (Å²) >= 11 is 0. The van der Waals surface area contributed by atoms with Crippen molar-refractivity contribution in [3.8, 4) is 0 Å². The van der Waals surface area contributed by atoms with Crippen LogP contribution in [0.5, 0.6) is 0 Å². The van der Waals surface area contributed by atoms with Crippen molar-refractivity contribution < 1.29 is 22.9 Å². The normalized spacial score (nSPS) is 11.6. The Balaban J connectivity index is 4.18. The van der Waals surface area contributed by atoms with Gasteiger partial charge in [0.05, 0.1) is 6.42 Å². The van der Waals surface area contributed by atoms with E-state index in [0.29, 0.717) is 26.2 Å². The second-order valence-corrected chi connectivity index (χ2v) is 7.34. The molecule has 0 aromatic heterocycles. The van der Waals surface area contributed by atoms with E-state index in [1.165, 1.54) is 6.92 Å². The average Bonchev–Trinajstić information content (AvgIpc) is 2.35. The van der Waals surface area contributed by atoms with E-state index in [1.807, 2.05) is 20.8 Å². The van der Waals surface area contributed by atoms with Crippen LogP contribution in [0.2, 0.25) is 6.04 Å². The van der Waals surface area contributed by atoms with Gasteiger partial charge in [-0.1, -0.05) is 0 Å². The van der Waals surface area contributed by atoms with Gasteiger partial charge in [0.2, 0.25) is 0 Å². The lowest BCUT2D eigenvalue weighted by Gasteiger charge is -2.28. The summed E-state index contributed by atoms with van der Waals surface area (Å²) in [6.45, 7) is 8.91. The highest BCUT2D eigenvalue weighted by Gasteiger charge is 2.39. The van der Waals surface area contributed by atoms with Crippen molar-refractivity contribution in [3.05, 3.63) is 0 Å². The Bertz CT molecular complexity index is 276. The van der Waals surface area contributed by atoms with Gasteiger partial charge in [0.1, 0.15) is 11.6 Å². The molecule has 0 amide bonds. The van der Waals surface area contributed by atoms with Crippen molar-refractivity contribution in [2.75, 3.05) is 19.8 Å². The Hall–Kier alpha value is -0.563. The first-order chi connectivity index (χ1) is 9.49. The number of ketones is 2. The van der Waals surface area contributed by atoms with Crippen molar-refractivity contribution in [3.63, 3.8) is 0 Å². The number of carbonyl (C=O) groups excluding carboxylic acids is 2. The molecular formula is C14H28O5Si. The lowest BCUT2D eigenvalue weighted by Crippen LogP contribution is -2.45. The summed E-state index contributed by atoms with van der Waals surface area (Å²) in [7, 11) is -2.58. The minimum Gasteiger partial charge on any atom is -0.374 e. The maximum absolute atomic E-state index is 11.5. The fraction of sp³-hybridized carbons (Fsp3) is 0.857. The Morgan fingerprint density at radius 2 is 1.40 bits per heavy atom. The maximum Gasteiger partial charge on any atom is 0.500 e. The summed E-state index contributed by atoms with van der Waals surface area (Å²) < 4.78 is 17.2. The van der Waals surface area contributed by atoms with Gasteiger partial charge in [0.25, 0.3) is 0 Å². The largest absolute Gasteiger partial charge is 0.500 e. The minimum absolute atomic E-state index is 0.00833. The van der Waals surface area contributed by atoms with Gasteiger partial charge >= 0.3 is 8.80 Å². The topological polar surface area (TPSA) is 61.8 Å². The third-order valence-corrected chi connectivity index (χ3v) is 5.88. The molecule has 0 aliphatic heterocycles. The SMILES string of the molecule is CCO[Si](CCCCC(=O)CC(C)=O)(OCC)OCC. The molecule has 0 N–H and O–H groups in total. The first kappa shape index (κ1) is 19.4. The summed E-state index contributed by atoms with van der Waals surface area (Å²) in [5.74, 6) is -0.0642. The molecular weight excluding hydrogens is 276 g/mol. The third kappa shape index (κ3) is 8.58. The van der Waals surface area contributed by atoms with Crippen LogP contribution in [0, 0.1) is 0 Å². The molecule has 0 heterocycles. The second-order valence-electron chi connectivity index (χ2n) is 4.61. The zero-order chi connectivity index (χ0) is 15.4. The van der Waals surface area contributed by atoms with Crippen LogP contribution in [0.1, 0.15) is 53.4 Å². The molecule has 5 nitrogen and oxygen atoms in total. The number of hydrogen-bond donors (Lipinski definition) is 0. The molecule has 0 aliphatic rings. The van der Waals surface area contributed by atoms with Gasteiger partial charge in [0.15, 0.2) is 0 Å². The molecule has 0 bridgehead atoms. The van der Waals surface area contributed by atoms with Crippen LogP contribution in [0.3, 0.4) is 0 Å². The van der Waals surface area contributed by atoms with E-state index in [1.54, 1.807) is 0 Å². The molecule has 0 aliphatic carbocycles. The van der Waals surface area contributed by atoms with Crippen LogP contribution in [-0.4, -0.2) is 40.2 Å². The molecule has 0 unspecified atom stereocenters. The first-order valence-electron chi connectivity index (χ1n) is 7.42. The molecule has 0 atom stereocenters. The van der Waals surface area contributed by atoms with Crippen molar-refractivity contribution in [1.82, 2.24) is 0 Å². The van der Waals surface area contributed by atoms with Crippen LogP contribution >= 0.6 is 0 Å². The van der Waals surface area contributed by atoms with E-state index >= 15 is 0 Å². The molecule has 0 aromatic rings. The van der Waals surface area contributed by atoms with Gasteiger partial charge in [0, 0.05) is 32.3 Å². The molecule has 0 aromatic carbocycles. The number of unbranched alkanes of at least 4 members (excludes halogenated alkanes) is 1. The van der Waals surface area contributed by atoms with Gasteiger partial charge in [-0.05, 0) is 40.5 Å². The standard InChI is InChI=1S/C14H28O5Si/c1-5-17-20(18-6-2,19-7-3)11-9-8-10-14(16)12-13(4)15/h5-12H2,1-4H3. The molecule has 20 heavy (non-hydrogen) atoms. The van der Waals surface area contributed by atoms with Crippen molar-refractivity contribution >= 4 is 20.4 Å². The molecule has 6 heteroatoms. The van der Waals surface area contributed by atoms with Crippen LogP contribution in [0.15, 0.2) is 0 Å². The van der Waals surface area contributed by atoms with E-state index in [2.05, 4.69) is 0 Å². The van der Waals surface area contributed by atoms with Crippen LogP contribution in [-0.2, 0) is 22.9 Å². The predicted molar refractivity (Wildman–Crippen MR) is 79.6 cm³/mol. The minimum atomic E-state index is -2.58. The van der Waals surface area contributed by atoms with Gasteiger partial charge in [-0.15, -0.1) is 0 Å². The number of carbonyl (C=O) groups is 2. The lowest BCUT2D eigenvalue weighted by molar-refractivity contribution is -0.125. The smallest absolute Gasteiger partial charge is 0.374 e. The first-order valence-corrected chi connectivity index (χ1v) is 9.35. The predicted octanol–water partition coefficient (Wildman–Crippen LogP) is 2.75. The van der Waals surface area contributed by atoms with E-state index in [0.717, 1.165) is 18.9 Å². The fourth-order valence-corrected chi connectivity index (χ4v) is 4.72. The van der Waals surface area contributed by atoms with Crippen molar-refractivity contribution in [1.29, 1.82) is 0 Å². The number of Topliss-reactive ketones (excluding diaryl/α,β-unsaturated/α-hetero) is 2. The zero-order valence-electron chi connectivity index (χ0n) is 13.2. The molecule has 0 spiro atoms. The highest BCUT2D eigenvalue weighted by atomic mass is 28.4. The monoisotopic (exact) mass is 304 g/mol. The summed E-state index contributed by atoms with van der Waals surface area (Å²) in [4.78, 5) is 22.3. The van der Waals surface area contributed by atoms with Crippen molar-refractivity contribution in [2.45, 2.75) is 59.4 Å². The molecule has 0 radical (unpaired) electrons. The van der Waals surface area contributed by atoms with Gasteiger partial charge < -0.3 is 13.3 Å². The van der Waals surface area contributed by atoms with E-state index < -0.39 is 8.80 Å². The molecule has 118 valence electrons. The van der Waals surface area contributed by atoms with E-state index in [9.17, 15) is 9.59 Å². The third-order valence-electron chi connectivity index (χ3n) is 2.73. The molecule has 0 saturated carbocycles. The number of rotatable bonds is 13. The van der Waals surface area contributed by atoms with Gasteiger partial charge in [-0.3, -0.25) is 9.59 Å². The quantitative estimate of drug-likeness (QED) is 0.297. The summed E-state index contributed by atoms with van der Waals surface area (Å²) in [5.41, 5.74) is 0. The average molecular weight is 304 g/mol. The lowest BCUT2D eigenvalue weighted by atomic mass is 10.1. The Labute approximate surface area is 123 Å². The van der Waals surface area contributed by atoms with Crippen LogP contribution in [0.25, 0.3) is 0 Å². The Morgan fingerprint density at radius 1 is 0.900 bits per heavy atom. The Kier molecular flexibility index (Phi) is 10.8. The molecule has 0 saturated heterocycles. The summed E-state index contributed by atoms with van der Waals surface area (Å²) in [6, 6.07) is 0.718. The zero-order valence-corrected chi connectivity index (χ0v) is 14.2. The summed E-state index contributed by atoms with van der Waals surface area (Å²) in [5, 5.41) is 0. The van der Waals surface area contributed by atoms with E-state index in [-0.39, 0.29) is 18.0 Å². The van der Waals surface area contributed by atoms with Crippen LogP contribution < -0.4 is 0 Å². The van der Waals surface area contributed by atoms with E-state index in [4.69, 9.17) is 13.3 Å².